The van der Waals surface area contributed by atoms with E-state index in [1.54, 1.807) is 29.7 Å². The maximum Gasteiger partial charge on any atom is 0.338 e. The average molecular weight is 678 g/mol. The molecule has 1 atom stereocenters. The van der Waals surface area contributed by atoms with Gasteiger partial charge in [-0.25, -0.2) is 9.79 Å². The molecule has 0 aliphatic carbocycles. The third-order valence-electron chi connectivity index (χ3n) is 6.46. The van der Waals surface area contributed by atoms with Crippen molar-refractivity contribution in [3.8, 4) is 0 Å². The van der Waals surface area contributed by atoms with E-state index >= 15 is 0 Å². The Hall–Kier alpha value is -3.63. The summed E-state index contributed by atoms with van der Waals surface area (Å²) in [4.78, 5) is 33.9. The van der Waals surface area contributed by atoms with Crippen LogP contribution in [0, 0.1) is 0 Å². The van der Waals surface area contributed by atoms with E-state index in [1.165, 1.54) is 23.1 Å². The SMILES string of the molecule is CCOC(=O)C1=C(c2ccccc2)N=c2s/c(=C/c3cc(Br)c(Sc4ccccc4)o3)c(=O)n2[C@H]1c1ccc(Cl)cc1. The highest BCUT2D eigenvalue weighted by atomic mass is 79.9. The molecule has 3 heterocycles. The number of hydrogen-bond acceptors (Lipinski definition) is 7. The predicted octanol–water partition coefficient (Wildman–Crippen LogP) is 7.10. The number of thiazole rings is 1. The highest BCUT2D eigenvalue weighted by molar-refractivity contribution is 9.10. The van der Waals surface area contributed by atoms with Crippen molar-refractivity contribution >= 4 is 68.4 Å². The maximum atomic E-state index is 14.0. The predicted molar refractivity (Wildman–Crippen MR) is 169 cm³/mol. The summed E-state index contributed by atoms with van der Waals surface area (Å²) in [6.45, 7) is 1.93. The van der Waals surface area contributed by atoms with Gasteiger partial charge in [0.15, 0.2) is 9.89 Å². The van der Waals surface area contributed by atoms with Crippen LogP contribution in [0.2, 0.25) is 5.02 Å². The van der Waals surface area contributed by atoms with Crippen molar-refractivity contribution in [3.63, 3.8) is 0 Å². The van der Waals surface area contributed by atoms with Gasteiger partial charge in [0.1, 0.15) is 5.76 Å². The van der Waals surface area contributed by atoms with Crippen LogP contribution in [0.15, 0.2) is 125 Å². The van der Waals surface area contributed by atoms with E-state index < -0.39 is 12.0 Å². The Morgan fingerprint density at radius 2 is 1.79 bits per heavy atom. The molecule has 210 valence electrons. The number of esters is 1. The minimum atomic E-state index is -0.776. The summed E-state index contributed by atoms with van der Waals surface area (Å²) in [6, 6.07) is 27.5. The van der Waals surface area contributed by atoms with E-state index in [1.807, 2.05) is 78.9 Å². The maximum absolute atomic E-state index is 14.0. The number of rotatable bonds is 7. The smallest absolute Gasteiger partial charge is 0.338 e. The molecular formula is C32H22BrClN2O4S2. The second-order valence-electron chi connectivity index (χ2n) is 9.18. The molecule has 0 saturated carbocycles. The summed E-state index contributed by atoms with van der Waals surface area (Å²) >= 11 is 12.5. The molecule has 3 aromatic carbocycles. The van der Waals surface area contributed by atoms with E-state index in [-0.39, 0.29) is 17.7 Å². The number of benzene rings is 3. The third-order valence-corrected chi connectivity index (χ3v) is 9.54. The van der Waals surface area contributed by atoms with Gasteiger partial charge in [-0.1, -0.05) is 95.4 Å². The van der Waals surface area contributed by atoms with Crippen LogP contribution in [-0.4, -0.2) is 17.1 Å². The van der Waals surface area contributed by atoms with Crippen LogP contribution in [0.1, 0.15) is 29.9 Å². The van der Waals surface area contributed by atoms with Crippen molar-refractivity contribution < 1.29 is 13.9 Å². The van der Waals surface area contributed by atoms with E-state index in [4.69, 9.17) is 25.7 Å². The highest BCUT2D eigenvalue weighted by Crippen LogP contribution is 2.37. The lowest BCUT2D eigenvalue weighted by Crippen LogP contribution is -2.40. The molecule has 0 fully saturated rings. The zero-order valence-electron chi connectivity index (χ0n) is 22.1. The quantitative estimate of drug-likeness (QED) is 0.172. The molecule has 0 saturated heterocycles. The molecule has 6 rings (SSSR count). The largest absolute Gasteiger partial charge is 0.463 e. The number of furan rings is 1. The normalized spacial score (nSPS) is 14.9. The topological polar surface area (TPSA) is 73.8 Å². The minimum absolute atomic E-state index is 0.179. The Balaban J connectivity index is 1.54. The molecule has 2 aromatic heterocycles. The lowest BCUT2D eigenvalue weighted by molar-refractivity contribution is -0.138. The number of hydrogen-bond donors (Lipinski definition) is 0. The first-order valence-electron chi connectivity index (χ1n) is 13.0. The molecule has 0 radical (unpaired) electrons. The molecule has 10 heteroatoms. The zero-order chi connectivity index (χ0) is 29.2. The zero-order valence-corrected chi connectivity index (χ0v) is 26.1. The fraction of sp³-hybridized carbons (Fsp3) is 0.0938. The van der Waals surface area contributed by atoms with Gasteiger partial charge in [-0.2, -0.15) is 0 Å². The van der Waals surface area contributed by atoms with Crippen LogP contribution in [0.25, 0.3) is 11.8 Å². The Morgan fingerprint density at radius 3 is 2.48 bits per heavy atom. The number of halogens is 2. The Bertz CT molecular complexity index is 1980. The highest BCUT2D eigenvalue weighted by Gasteiger charge is 2.35. The van der Waals surface area contributed by atoms with Crippen LogP contribution < -0.4 is 14.9 Å². The van der Waals surface area contributed by atoms with Gasteiger partial charge in [-0.05, 0) is 58.7 Å². The number of carbonyl (C=O) groups excluding carboxylic acids is 1. The average Bonchev–Trinajstić information content (AvgIpc) is 3.51. The molecule has 0 spiro atoms. The summed E-state index contributed by atoms with van der Waals surface area (Å²) in [5, 5.41) is 1.22. The molecule has 5 aromatic rings. The molecule has 6 nitrogen and oxygen atoms in total. The van der Waals surface area contributed by atoms with E-state index in [0.717, 1.165) is 14.9 Å². The van der Waals surface area contributed by atoms with Gasteiger partial charge < -0.3 is 9.15 Å². The lowest BCUT2D eigenvalue weighted by Gasteiger charge is -2.25. The van der Waals surface area contributed by atoms with E-state index in [9.17, 15) is 9.59 Å². The van der Waals surface area contributed by atoms with Crippen LogP contribution in [0.4, 0.5) is 0 Å². The van der Waals surface area contributed by atoms with Gasteiger partial charge in [0.05, 0.1) is 32.9 Å². The van der Waals surface area contributed by atoms with Gasteiger partial charge in [0, 0.05) is 21.6 Å². The van der Waals surface area contributed by atoms with Crippen LogP contribution in [0.3, 0.4) is 0 Å². The van der Waals surface area contributed by atoms with Crippen molar-refractivity contribution in [2.75, 3.05) is 6.61 Å². The van der Waals surface area contributed by atoms with Gasteiger partial charge >= 0.3 is 5.97 Å². The third kappa shape index (κ3) is 5.70. The molecule has 0 amide bonds. The van der Waals surface area contributed by atoms with Crippen molar-refractivity contribution in [1.29, 1.82) is 0 Å². The number of fused-ring (bicyclic) bond motifs is 1. The Labute approximate surface area is 262 Å². The summed E-state index contributed by atoms with van der Waals surface area (Å²) in [7, 11) is 0. The van der Waals surface area contributed by atoms with Crippen LogP contribution >= 0.6 is 50.6 Å². The molecule has 0 N–H and O–H groups in total. The number of carbonyl (C=O) groups is 1. The molecule has 0 bridgehead atoms. The molecule has 42 heavy (non-hydrogen) atoms. The fourth-order valence-electron chi connectivity index (χ4n) is 4.64. The Kier molecular flexibility index (Phi) is 8.35. The lowest BCUT2D eigenvalue weighted by atomic mass is 9.93. The summed E-state index contributed by atoms with van der Waals surface area (Å²) in [5.74, 6) is -0.0200. The van der Waals surface area contributed by atoms with E-state index in [0.29, 0.717) is 36.5 Å². The first-order valence-corrected chi connectivity index (χ1v) is 15.8. The standard InChI is InChI=1S/C32H22BrClN2O4S2/c1-2-39-30(38)26-27(19-9-5-3-6-10-19)35-32-36(28(26)20-13-15-21(34)16-14-20)29(37)25(42-32)18-22-17-24(33)31(40-22)41-23-11-7-4-8-12-23/h3-18,28H,2H2,1H3/b25-18+/t28-/m0/s1. The molecule has 0 unspecified atom stereocenters. The van der Waals surface area contributed by atoms with Gasteiger partial charge in [-0.15, -0.1) is 0 Å². The summed E-state index contributed by atoms with van der Waals surface area (Å²) in [6.07, 6.45) is 1.71. The van der Waals surface area contributed by atoms with Gasteiger partial charge in [-0.3, -0.25) is 9.36 Å². The summed E-state index contributed by atoms with van der Waals surface area (Å²) < 4.78 is 14.4. The first kappa shape index (κ1) is 28.5. The van der Waals surface area contributed by atoms with Crippen molar-refractivity contribution in [1.82, 2.24) is 4.57 Å². The minimum Gasteiger partial charge on any atom is -0.463 e. The second-order valence-corrected chi connectivity index (χ2v) is 12.5. The van der Waals surface area contributed by atoms with E-state index in [2.05, 4.69) is 15.9 Å². The van der Waals surface area contributed by atoms with Crippen LogP contribution in [-0.2, 0) is 9.53 Å². The molecule has 1 aliphatic heterocycles. The fourth-order valence-corrected chi connectivity index (χ4v) is 7.09. The molecular weight excluding hydrogens is 656 g/mol. The van der Waals surface area contributed by atoms with Crippen molar-refractivity contribution in [2.45, 2.75) is 23.0 Å². The monoisotopic (exact) mass is 676 g/mol. The Morgan fingerprint density at radius 1 is 1.10 bits per heavy atom. The summed E-state index contributed by atoms with van der Waals surface area (Å²) in [5.41, 5.74) is 1.91. The van der Waals surface area contributed by atoms with Gasteiger partial charge in [0.2, 0.25) is 0 Å². The van der Waals surface area contributed by atoms with Crippen LogP contribution in [0.5, 0.6) is 0 Å². The number of nitrogens with zero attached hydrogens (tertiary/aromatic N) is 2. The number of ether oxygens (including phenoxy) is 1. The molecule has 1 aliphatic rings. The first-order chi connectivity index (χ1) is 20.4. The number of aromatic nitrogens is 1. The second kappa shape index (κ2) is 12.3. The van der Waals surface area contributed by atoms with Gasteiger partial charge in [0.25, 0.3) is 5.56 Å². The van der Waals surface area contributed by atoms with Crippen molar-refractivity contribution in [3.05, 3.63) is 143 Å². The van der Waals surface area contributed by atoms with Crippen molar-refractivity contribution in [2.24, 2.45) is 4.99 Å².